The van der Waals surface area contributed by atoms with E-state index in [1.54, 1.807) is 0 Å². The van der Waals surface area contributed by atoms with E-state index >= 15 is 0 Å². The predicted molar refractivity (Wildman–Crippen MR) is 105 cm³/mol. The van der Waals surface area contributed by atoms with Gasteiger partial charge >= 0.3 is 0 Å². The normalized spacial score (nSPS) is 15.3. The molecule has 1 aromatic heterocycles. The maximum absolute atomic E-state index is 13.0. The minimum absolute atomic E-state index is 0.0103. The topological polar surface area (TPSA) is 71.1 Å². The monoisotopic (exact) mass is 365 g/mol. The summed E-state index contributed by atoms with van der Waals surface area (Å²) < 4.78 is 0.925. The number of fused-ring (bicyclic) bond motifs is 1. The molecule has 6 heteroatoms. The third kappa shape index (κ3) is 2.97. The van der Waals surface area contributed by atoms with Crippen molar-refractivity contribution in [1.29, 1.82) is 0 Å². The van der Waals surface area contributed by atoms with E-state index in [2.05, 4.69) is 15.6 Å². The Morgan fingerprint density at radius 3 is 2.50 bits per heavy atom. The molecule has 1 aliphatic rings. The third-order valence-corrected chi connectivity index (χ3v) is 5.83. The van der Waals surface area contributed by atoms with Gasteiger partial charge in [-0.05, 0) is 36.6 Å². The molecule has 1 aliphatic carbocycles. The van der Waals surface area contributed by atoms with Crippen LogP contribution in [0.1, 0.15) is 31.7 Å². The molecule has 1 fully saturated rings. The molecular weight excluding hydrogens is 346 g/mol. The highest BCUT2D eigenvalue weighted by Crippen LogP contribution is 2.44. The lowest BCUT2D eigenvalue weighted by molar-refractivity contribution is -0.124. The van der Waals surface area contributed by atoms with Crippen LogP contribution < -0.4 is 10.6 Å². The number of aromatic nitrogens is 1. The SMILES string of the molecule is CC(=O)Nc1ccc2nc(NC(=O)C3(c4ccccc4)CCC3)sc2c1. The van der Waals surface area contributed by atoms with Crippen molar-refractivity contribution in [3.63, 3.8) is 0 Å². The maximum atomic E-state index is 13.0. The molecule has 3 aromatic rings. The van der Waals surface area contributed by atoms with Gasteiger partial charge in [0.1, 0.15) is 0 Å². The maximum Gasteiger partial charge on any atom is 0.236 e. The Balaban J connectivity index is 1.58. The number of benzene rings is 2. The summed E-state index contributed by atoms with van der Waals surface area (Å²) in [5.41, 5.74) is 2.16. The van der Waals surface area contributed by atoms with Crippen molar-refractivity contribution in [2.45, 2.75) is 31.6 Å². The van der Waals surface area contributed by atoms with Crippen molar-refractivity contribution in [2.75, 3.05) is 10.6 Å². The van der Waals surface area contributed by atoms with E-state index in [1.807, 2.05) is 48.5 Å². The zero-order chi connectivity index (χ0) is 18.1. The van der Waals surface area contributed by atoms with Crippen LogP contribution in [0.4, 0.5) is 10.8 Å². The first-order valence-electron chi connectivity index (χ1n) is 8.62. The molecule has 26 heavy (non-hydrogen) atoms. The summed E-state index contributed by atoms with van der Waals surface area (Å²) >= 11 is 1.42. The summed E-state index contributed by atoms with van der Waals surface area (Å²) in [6, 6.07) is 15.5. The average Bonchev–Trinajstić information content (AvgIpc) is 2.95. The van der Waals surface area contributed by atoms with Gasteiger partial charge in [-0.3, -0.25) is 9.59 Å². The summed E-state index contributed by atoms with van der Waals surface area (Å²) in [6.45, 7) is 1.48. The van der Waals surface area contributed by atoms with Gasteiger partial charge < -0.3 is 10.6 Å². The predicted octanol–water partition coefficient (Wildman–Crippen LogP) is 4.32. The van der Waals surface area contributed by atoms with Gasteiger partial charge in [-0.25, -0.2) is 4.98 Å². The lowest BCUT2D eigenvalue weighted by Gasteiger charge is -2.40. The number of carbonyl (C=O) groups excluding carboxylic acids is 2. The molecule has 0 aliphatic heterocycles. The number of nitrogens with zero attached hydrogens (tertiary/aromatic N) is 1. The smallest absolute Gasteiger partial charge is 0.236 e. The van der Waals surface area contributed by atoms with Gasteiger partial charge in [0.15, 0.2) is 5.13 Å². The third-order valence-electron chi connectivity index (χ3n) is 4.90. The fraction of sp³-hybridized carbons (Fsp3) is 0.250. The molecule has 0 unspecified atom stereocenters. The molecule has 1 heterocycles. The van der Waals surface area contributed by atoms with Gasteiger partial charge in [-0.2, -0.15) is 0 Å². The van der Waals surface area contributed by atoms with Gasteiger partial charge in [-0.15, -0.1) is 0 Å². The minimum atomic E-state index is -0.444. The second-order valence-electron chi connectivity index (χ2n) is 6.64. The summed E-state index contributed by atoms with van der Waals surface area (Å²) in [6.07, 6.45) is 2.78. The molecule has 5 nitrogen and oxygen atoms in total. The van der Waals surface area contributed by atoms with E-state index in [1.165, 1.54) is 18.3 Å². The van der Waals surface area contributed by atoms with Crippen LogP contribution in [0.25, 0.3) is 10.2 Å². The fourth-order valence-corrected chi connectivity index (χ4v) is 4.31. The van der Waals surface area contributed by atoms with Gasteiger partial charge in [0.25, 0.3) is 0 Å². The molecule has 2 amide bonds. The van der Waals surface area contributed by atoms with Crippen LogP contribution in [0.3, 0.4) is 0 Å². The van der Waals surface area contributed by atoms with Gasteiger partial charge in [0.05, 0.1) is 15.6 Å². The van der Waals surface area contributed by atoms with Crippen LogP contribution >= 0.6 is 11.3 Å². The van der Waals surface area contributed by atoms with Gasteiger partial charge in [0, 0.05) is 12.6 Å². The van der Waals surface area contributed by atoms with E-state index in [0.29, 0.717) is 5.13 Å². The number of amides is 2. The van der Waals surface area contributed by atoms with Crippen LogP contribution in [-0.2, 0) is 15.0 Å². The second kappa shape index (κ2) is 6.53. The molecule has 0 spiro atoms. The van der Waals surface area contributed by atoms with Crippen LogP contribution in [0.5, 0.6) is 0 Å². The van der Waals surface area contributed by atoms with Crippen molar-refractivity contribution in [3.05, 3.63) is 54.1 Å². The van der Waals surface area contributed by atoms with Crippen molar-refractivity contribution >= 4 is 44.2 Å². The Morgan fingerprint density at radius 2 is 1.85 bits per heavy atom. The number of hydrogen-bond acceptors (Lipinski definition) is 4. The minimum Gasteiger partial charge on any atom is -0.326 e. The molecular formula is C20H19N3O2S. The standard InChI is InChI=1S/C20H19N3O2S/c1-13(24)21-15-8-9-16-17(12-15)26-19(22-16)23-18(25)20(10-5-11-20)14-6-3-2-4-7-14/h2-4,6-9,12H,5,10-11H2,1H3,(H,21,24)(H,22,23,25). The number of thiazole rings is 1. The fourth-order valence-electron chi connectivity index (χ4n) is 3.41. The molecule has 1 saturated carbocycles. The molecule has 2 N–H and O–H groups in total. The first kappa shape index (κ1) is 16.7. The van der Waals surface area contributed by atoms with Gasteiger partial charge in [0.2, 0.25) is 11.8 Å². The molecule has 0 atom stereocenters. The van der Waals surface area contributed by atoms with Crippen LogP contribution in [0.2, 0.25) is 0 Å². The van der Waals surface area contributed by atoms with E-state index < -0.39 is 5.41 Å². The molecule has 0 bridgehead atoms. The summed E-state index contributed by atoms with van der Waals surface area (Å²) in [4.78, 5) is 28.7. The highest BCUT2D eigenvalue weighted by molar-refractivity contribution is 7.22. The molecule has 0 radical (unpaired) electrons. The Hall–Kier alpha value is -2.73. The highest BCUT2D eigenvalue weighted by Gasteiger charge is 2.45. The lowest BCUT2D eigenvalue weighted by atomic mass is 9.64. The number of nitrogens with one attached hydrogen (secondary N) is 2. The van der Waals surface area contributed by atoms with E-state index in [-0.39, 0.29) is 11.8 Å². The Morgan fingerprint density at radius 1 is 1.08 bits per heavy atom. The first-order chi connectivity index (χ1) is 12.6. The van der Waals surface area contributed by atoms with Crippen LogP contribution in [-0.4, -0.2) is 16.8 Å². The van der Waals surface area contributed by atoms with Crippen molar-refractivity contribution in [1.82, 2.24) is 4.98 Å². The number of carbonyl (C=O) groups is 2. The number of hydrogen-bond donors (Lipinski definition) is 2. The van der Waals surface area contributed by atoms with Crippen molar-refractivity contribution in [3.8, 4) is 0 Å². The number of anilines is 2. The molecule has 132 valence electrons. The Kier molecular flexibility index (Phi) is 4.20. The van der Waals surface area contributed by atoms with E-state index in [4.69, 9.17) is 0 Å². The molecule has 0 saturated heterocycles. The molecule has 2 aromatic carbocycles. The van der Waals surface area contributed by atoms with Crippen molar-refractivity contribution in [2.24, 2.45) is 0 Å². The van der Waals surface area contributed by atoms with E-state index in [9.17, 15) is 9.59 Å². The largest absolute Gasteiger partial charge is 0.326 e. The number of rotatable bonds is 4. The Bertz CT molecular complexity index is 977. The highest BCUT2D eigenvalue weighted by atomic mass is 32.1. The summed E-state index contributed by atoms with van der Waals surface area (Å²) in [5, 5.41) is 6.37. The van der Waals surface area contributed by atoms with Gasteiger partial charge in [-0.1, -0.05) is 48.1 Å². The second-order valence-corrected chi connectivity index (χ2v) is 7.67. The van der Waals surface area contributed by atoms with Crippen molar-refractivity contribution < 1.29 is 9.59 Å². The van der Waals surface area contributed by atoms with Crippen LogP contribution in [0, 0.1) is 0 Å². The van der Waals surface area contributed by atoms with Crippen LogP contribution in [0.15, 0.2) is 48.5 Å². The zero-order valence-corrected chi connectivity index (χ0v) is 15.2. The summed E-state index contributed by atoms with van der Waals surface area (Å²) in [5.74, 6) is -0.103. The quantitative estimate of drug-likeness (QED) is 0.723. The average molecular weight is 365 g/mol. The zero-order valence-electron chi connectivity index (χ0n) is 14.4. The molecule has 4 rings (SSSR count). The first-order valence-corrected chi connectivity index (χ1v) is 9.44. The lowest BCUT2D eigenvalue weighted by Crippen LogP contribution is -2.45. The Labute approximate surface area is 155 Å². The summed E-state index contributed by atoms with van der Waals surface area (Å²) in [7, 11) is 0. The van der Waals surface area contributed by atoms with E-state index in [0.717, 1.165) is 40.7 Å².